The number of sulfonamides is 1. The zero-order valence-corrected chi connectivity index (χ0v) is 17.3. The summed E-state index contributed by atoms with van der Waals surface area (Å²) in [7, 11) is -2.62. The molecule has 0 aromatic heterocycles. The number of amides is 1. The number of hydrogen-bond donors (Lipinski definition) is 1. The third-order valence-corrected chi connectivity index (χ3v) is 6.33. The molecule has 0 radical (unpaired) electrons. The van der Waals surface area contributed by atoms with Gasteiger partial charge in [0.15, 0.2) is 0 Å². The van der Waals surface area contributed by atoms with Crippen molar-refractivity contribution >= 4 is 27.6 Å². The molecule has 1 fully saturated rings. The van der Waals surface area contributed by atoms with Crippen LogP contribution in [0.4, 0.5) is 5.69 Å². The highest BCUT2D eigenvalue weighted by Crippen LogP contribution is 2.22. The third kappa shape index (κ3) is 4.76. The highest BCUT2D eigenvalue weighted by Gasteiger charge is 2.23. The predicted octanol–water partition coefficient (Wildman–Crippen LogP) is 3.21. The second kappa shape index (κ2) is 8.65. The van der Waals surface area contributed by atoms with E-state index in [1.807, 2.05) is 0 Å². The molecule has 0 bridgehead atoms. The average molecular weight is 416 g/mol. The van der Waals surface area contributed by atoms with Crippen LogP contribution in [0.2, 0.25) is 0 Å². The van der Waals surface area contributed by atoms with E-state index < -0.39 is 16.0 Å². The van der Waals surface area contributed by atoms with Gasteiger partial charge in [-0.25, -0.2) is 13.2 Å². The number of carbonyl (C=O) groups is 2. The number of ether oxygens (including phenoxy) is 1. The first-order valence-electron chi connectivity index (χ1n) is 9.43. The Morgan fingerprint density at radius 2 is 1.66 bits per heavy atom. The molecule has 0 atom stereocenters. The molecule has 0 spiro atoms. The van der Waals surface area contributed by atoms with Gasteiger partial charge in [-0.15, -0.1) is 0 Å². The monoisotopic (exact) mass is 416 g/mol. The maximum absolute atomic E-state index is 12.9. The molecule has 7 nitrogen and oxygen atoms in total. The lowest BCUT2D eigenvalue weighted by atomic mass is 10.1. The number of hydrogen-bond acceptors (Lipinski definition) is 5. The van der Waals surface area contributed by atoms with Crippen molar-refractivity contribution in [2.45, 2.75) is 31.1 Å². The third-order valence-electron chi connectivity index (χ3n) is 4.95. The fourth-order valence-corrected chi connectivity index (χ4v) is 4.36. The lowest BCUT2D eigenvalue weighted by Crippen LogP contribution is -2.36. The van der Waals surface area contributed by atoms with Crippen molar-refractivity contribution in [3.8, 4) is 0 Å². The summed E-state index contributed by atoms with van der Waals surface area (Å²) in [5, 5.41) is 0. The molecule has 2 aromatic carbocycles. The summed E-state index contributed by atoms with van der Waals surface area (Å²) in [5.41, 5.74) is 1.76. The minimum atomic E-state index is -3.89. The Hall–Kier alpha value is -2.87. The smallest absolute Gasteiger partial charge is 0.337 e. The van der Waals surface area contributed by atoms with Gasteiger partial charge in [0.05, 0.1) is 17.6 Å². The molecule has 1 aliphatic rings. The van der Waals surface area contributed by atoms with Crippen LogP contribution < -0.4 is 4.72 Å². The van der Waals surface area contributed by atoms with Gasteiger partial charge in [-0.3, -0.25) is 9.52 Å². The summed E-state index contributed by atoms with van der Waals surface area (Å²) in [6.45, 7) is 3.19. The van der Waals surface area contributed by atoms with Crippen LogP contribution in [0.25, 0.3) is 0 Å². The molecule has 1 saturated heterocycles. The number of aryl methyl sites for hydroxylation is 1. The number of esters is 1. The van der Waals surface area contributed by atoms with Gasteiger partial charge in [-0.1, -0.05) is 6.07 Å². The number of likely N-dealkylation sites (tertiary alicyclic amines) is 1. The molecule has 1 heterocycles. The Balaban J connectivity index is 1.83. The van der Waals surface area contributed by atoms with E-state index in [-0.39, 0.29) is 10.8 Å². The Labute approximate surface area is 170 Å². The quantitative estimate of drug-likeness (QED) is 0.756. The molecule has 0 aliphatic carbocycles. The molecular weight excluding hydrogens is 392 g/mol. The molecule has 0 unspecified atom stereocenters. The predicted molar refractivity (Wildman–Crippen MR) is 110 cm³/mol. The summed E-state index contributed by atoms with van der Waals surface area (Å²) in [4.78, 5) is 26.1. The van der Waals surface area contributed by atoms with Gasteiger partial charge in [0.25, 0.3) is 15.9 Å². The van der Waals surface area contributed by atoms with Gasteiger partial charge < -0.3 is 9.64 Å². The topological polar surface area (TPSA) is 92.8 Å². The van der Waals surface area contributed by atoms with E-state index in [0.717, 1.165) is 24.8 Å². The van der Waals surface area contributed by atoms with E-state index in [4.69, 9.17) is 0 Å². The van der Waals surface area contributed by atoms with Gasteiger partial charge in [-0.05, 0) is 68.1 Å². The Kier molecular flexibility index (Phi) is 6.22. The number of benzene rings is 2. The molecule has 29 heavy (non-hydrogen) atoms. The summed E-state index contributed by atoms with van der Waals surface area (Å²) < 4.78 is 32.7. The molecule has 1 aliphatic heterocycles. The highest BCUT2D eigenvalue weighted by molar-refractivity contribution is 7.92. The van der Waals surface area contributed by atoms with Gasteiger partial charge in [-0.2, -0.15) is 0 Å². The fourth-order valence-electron chi connectivity index (χ4n) is 3.27. The van der Waals surface area contributed by atoms with Crippen LogP contribution in [0.3, 0.4) is 0 Å². The molecule has 1 N–H and O–H groups in total. The van der Waals surface area contributed by atoms with E-state index in [1.54, 1.807) is 17.9 Å². The van der Waals surface area contributed by atoms with E-state index >= 15 is 0 Å². The summed E-state index contributed by atoms with van der Waals surface area (Å²) in [5.74, 6) is -0.638. The minimum Gasteiger partial charge on any atom is -0.465 e. The van der Waals surface area contributed by atoms with Crippen molar-refractivity contribution in [2.75, 3.05) is 24.9 Å². The number of nitrogens with one attached hydrogen (secondary N) is 1. The lowest BCUT2D eigenvalue weighted by Gasteiger charge is -2.27. The summed E-state index contributed by atoms with van der Waals surface area (Å²) in [6.07, 6.45) is 3.04. The molecule has 1 amide bonds. The van der Waals surface area contributed by atoms with Crippen molar-refractivity contribution in [2.24, 2.45) is 0 Å². The van der Waals surface area contributed by atoms with Gasteiger partial charge >= 0.3 is 5.97 Å². The first-order chi connectivity index (χ1) is 13.8. The van der Waals surface area contributed by atoms with Crippen LogP contribution in [0.1, 0.15) is 45.5 Å². The highest BCUT2D eigenvalue weighted by atomic mass is 32.2. The number of methoxy groups -OCH3 is 1. The van der Waals surface area contributed by atoms with Crippen LogP contribution in [0, 0.1) is 6.92 Å². The maximum Gasteiger partial charge on any atom is 0.337 e. The van der Waals surface area contributed by atoms with Crippen LogP contribution in [-0.2, 0) is 14.8 Å². The van der Waals surface area contributed by atoms with Crippen molar-refractivity contribution in [3.05, 3.63) is 59.2 Å². The van der Waals surface area contributed by atoms with Crippen LogP contribution in [0.15, 0.2) is 47.4 Å². The Morgan fingerprint density at radius 1 is 1.00 bits per heavy atom. The Bertz CT molecular complexity index is 1010. The number of rotatable bonds is 5. The summed E-state index contributed by atoms with van der Waals surface area (Å²) in [6, 6.07) is 10.5. The first-order valence-corrected chi connectivity index (χ1v) is 10.9. The van der Waals surface area contributed by atoms with E-state index in [0.29, 0.717) is 29.9 Å². The van der Waals surface area contributed by atoms with Crippen molar-refractivity contribution in [1.29, 1.82) is 0 Å². The van der Waals surface area contributed by atoms with Gasteiger partial charge in [0.1, 0.15) is 0 Å². The first kappa shape index (κ1) is 20.9. The van der Waals surface area contributed by atoms with Crippen LogP contribution in [-0.4, -0.2) is 45.4 Å². The SMILES string of the molecule is COC(=O)c1ccc(NS(=O)(=O)c2ccc(C)c(C(=O)N3CCCCC3)c2)cc1. The minimum absolute atomic E-state index is 0.0144. The number of anilines is 1. The second-order valence-electron chi connectivity index (χ2n) is 7.00. The van der Waals surface area contributed by atoms with E-state index in [9.17, 15) is 18.0 Å². The van der Waals surface area contributed by atoms with E-state index in [2.05, 4.69) is 9.46 Å². The molecule has 8 heteroatoms. The van der Waals surface area contributed by atoms with Crippen molar-refractivity contribution in [3.63, 3.8) is 0 Å². The average Bonchev–Trinajstić information content (AvgIpc) is 2.73. The molecule has 2 aromatic rings. The number of carbonyl (C=O) groups excluding carboxylic acids is 2. The Morgan fingerprint density at radius 3 is 2.28 bits per heavy atom. The second-order valence-corrected chi connectivity index (χ2v) is 8.69. The molecular formula is C21H24N2O5S. The van der Waals surface area contributed by atoms with Crippen molar-refractivity contribution in [1.82, 2.24) is 4.90 Å². The van der Waals surface area contributed by atoms with Crippen molar-refractivity contribution < 1.29 is 22.7 Å². The molecule has 0 saturated carbocycles. The van der Waals surface area contributed by atoms with E-state index in [1.165, 1.54) is 43.5 Å². The maximum atomic E-state index is 12.9. The van der Waals surface area contributed by atoms with Gasteiger partial charge in [0.2, 0.25) is 0 Å². The fraction of sp³-hybridized carbons (Fsp3) is 0.333. The van der Waals surface area contributed by atoms with Crippen LogP contribution in [0.5, 0.6) is 0 Å². The van der Waals surface area contributed by atoms with Crippen LogP contribution >= 0.6 is 0 Å². The van der Waals surface area contributed by atoms with Gasteiger partial charge in [0, 0.05) is 24.3 Å². The summed E-state index contributed by atoms with van der Waals surface area (Å²) >= 11 is 0. The lowest BCUT2D eigenvalue weighted by molar-refractivity contribution is 0.0600. The number of nitrogens with zero attached hydrogens (tertiary/aromatic N) is 1. The molecule has 154 valence electrons. The zero-order valence-electron chi connectivity index (χ0n) is 16.5. The standard InChI is InChI=1S/C21H24N2O5S/c1-15-6-11-18(14-19(15)20(24)23-12-4-3-5-13-23)29(26,27)22-17-9-7-16(8-10-17)21(25)28-2/h6-11,14,22H,3-5,12-13H2,1-2H3. The largest absolute Gasteiger partial charge is 0.465 e. The molecule has 3 rings (SSSR count). The normalized spacial score (nSPS) is 14.3. The number of piperidine rings is 1. The zero-order chi connectivity index (χ0) is 21.0.